The highest BCUT2D eigenvalue weighted by Gasteiger charge is 2.41. The van der Waals surface area contributed by atoms with Crippen LogP contribution in [0.3, 0.4) is 0 Å². The predicted molar refractivity (Wildman–Crippen MR) is 122 cm³/mol. The van der Waals surface area contributed by atoms with Crippen molar-refractivity contribution in [2.75, 3.05) is 26.2 Å². The average Bonchev–Trinajstić information content (AvgIpc) is 3.31. The minimum Gasteiger partial charge on any atom is -0.350 e. The fourth-order valence-electron chi connectivity index (χ4n) is 3.70. The Kier molecular flexibility index (Phi) is 8.34. The first kappa shape index (κ1) is 26.0. The molecule has 35 heavy (non-hydrogen) atoms. The molecule has 4 amide bonds. The van der Waals surface area contributed by atoms with Gasteiger partial charge in [0.2, 0.25) is 0 Å². The molecule has 8 nitrogen and oxygen atoms in total. The van der Waals surface area contributed by atoms with Crippen LogP contribution in [0.1, 0.15) is 29.3 Å². The minimum atomic E-state index is -5.00. The van der Waals surface area contributed by atoms with Gasteiger partial charge in [0.05, 0.1) is 6.54 Å². The van der Waals surface area contributed by atoms with Crippen molar-refractivity contribution in [3.63, 3.8) is 0 Å². The van der Waals surface area contributed by atoms with Crippen LogP contribution < -0.4 is 10.6 Å². The first-order valence-electron chi connectivity index (χ1n) is 11.2. The Morgan fingerprint density at radius 2 is 1.66 bits per heavy atom. The van der Waals surface area contributed by atoms with Gasteiger partial charge in [-0.25, -0.2) is 9.86 Å². The molecule has 2 aromatic carbocycles. The second-order valence-corrected chi connectivity index (χ2v) is 8.19. The molecule has 1 fully saturated rings. The van der Waals surface area contributed by atoms with Crippen molar-refractivity contribution in [1.29, 1.82) is 0 Å². The Hall–Kier alpha value is -3.60. The van der Waals surface area contributed by atoms with Crippen LogP contribution in [0.4, 0.5) is 18.0 Å². The van der Waals surface area contributed by atoms with Crippen LogP contribution in [0, 0.1) is 0 Å². The summed E-state index contributed by atoms with van der Waals surface area (Å²) in [6.07, 6.45) is -3.91. The lowest BCUT2D eigenvalue weighted by Gasteiger charge is -2.23. The lowest BCUT2D eigenvalue weighted by Crippen LogP contribution is -2.47. The Labute approximate surface area is 200 Å². The third-order valence-electron chi connectivity index (χ3n) is 5.72. The van der Waals surface area contributed by atoms with Gasteiger partial charge in [-0.1, -0.05) is 43.3 Å². The molecule has 0 aromatic heterocycles. The Morgan fingerprint density at radius 1 is 1.06 bits per heavy atom. The molecule has 11 heteroatoms. The number of nitrogens with zero attached hydrogens (tertiary/aromatic N) is 2. The molecule has 1 heterocycles. The summed E-state index contributed by atoms with van der Waals surface area (Å²) >= 11 is 0. The minimum absolute atomic E-state index is 0.0383. The van der Waals surface area contributed by atoms with Crippen molar-refractivity contribution in [3.05, 3.63) is 59.7 Å². The first-order valence-corrected chi connectivity index (χ1v) is 11.2. The van der Waals surface area contributed by atoms with E-state index in [1.54, 1.807) is 12.1 Å². The second kappa shape index (κ2) is 11.2. The van der Waals surface area contributed by atoms with Crippen LogP contribution in [0.25, 0.3) is 11.1 Å². The maximum absolute atomic E-state index is 12.4. The Balaban J connectivity index is 1.43. The number of hydrogen-bond acceptors (Lipinski definition) is 4. The van der Waals surface area contributed by atoms with Crippen molar-refractivity contribution < 1.29 is 32.8 Å². The molecule has 1 saturated heterocycles. The van der Waals surface area contributed by atoms with E-state index in [1.807, 2.05) is 29.6 Å². The van der Waals surface area contributed by atoms with Gasteiger partial charge in [-0.2, -0.15) is 13.2 Å². The predicted octanol–water partition coefficient (Wildman–Crippen LogP) is 3.21. The molecular formula is C24H27F3N4O4. The first-order chi connectivity index (χ1) is 16.6. The summed E-state index contributed by atoms with van der Waals surface area (Å²) < 4.78 is 37.1. The maximum atomic E-state index is 12.4. The number of alkyl halides is 3. The standard InChI is InChI=1S/C24H27F3N4O4/c1-2-16-3-5-17(6-4-16)18-7-9-19(10-8-18)21(32)28-12-14-31(35)23(34)30-13-11-20(15-30)29-22(33)24(25,26)27/h3-10,20,35H,2,11-15H2,1H3,(H,28,32)(H,29,33). The smallest absolute Gasteiger partial charge is 0.350 e. The fourth-order valence-corrected chi connectivity index (χ4v) is 3.70. The zero-order valence-electron chi connectivity index (χ0n) is 19.1. The molecule has 1 aliphatic heterocycles. The summed E-state index contributed by atoms with van der Waals surface area (Å²) in [6, 6.07) is 13.5. The molecule has 1 unspecified atom stereocenters. The van der Waals surface area contributed by atoms with E-state index in [0.717, 1.165) is 22.4 Å². The summed E-state index contributed by atoms with van der Waals surface area (Å²) in [7, 11) is 0. The van der Waals surface area contributed by atoms with Crippen LogP contribution in [0.15, 0.2) is 48.5 Å². The van der Waals surface area contributed by atoms with Crippen LogP contribution in [0.2, 0.25) is 0 Å². The highest BCUT2D eigenvalue weighted by atomic mass is 19.4. The van der Waals surface area contributed by atoms with Gasteiger partial charge in [-0.15, -0.1) is 0 Å². The number of carbonyl (C=O) groups is 3. The number of aryl methyl sites for hydroxylation is 1. The molecule has 0 spiro atoms. The van der Waals surface area contributed by atoms with Crippen LogP contribution in [-0.4, -0.2) is 71.4 Å². The molecule has 3 N–H and O–H groups in total. The van der Waals surface area contributed by atoms with E-state index in [0.29, 0.717) is 10.6 Å². The quantitative estimate of drug-likeness (QED) is 0.408. The van der Waals surface area contributed by atoms with Crippen LogP contribution >= 0.6 is 0 Å². The molecule has 3 rings (SSSR count). The number of urea groups is 1. The monoisotopic (exact) mass is 492 g/mol. The Morgan fingerprint density at radius 3 is 2.23 bits per heavy atom. The normalized spacial score (nSPS) is 15.6. The van der Waals surface area contributed by atoms with Crippen LogP contribution in [0.5, 0.6) is 0 Å². The number of amides is 4. The lowest BCUT2D eigenvalue weighted by atomic mass is 10.0. The molecule has 2 aromatic rings. The zero-order chi connectivity index (χ0) is 25.6. The van der Waals surface area contributed by atoms with Gasteiger partial charge >= 0.3 is 18.1 Å². The van der Waals surface area contributed by atoms with Gasteiger partial charge in [0.15, 0.2) is 0 Å². The van der Waals surface area contributed by atoms with E-state index >= 15 is 0 Å². The number of hydrogen-bond donors (Lipinski definition) is 3. The van der Waals surface area contributed by atoms with Crippen molar-refractivity contribution >= 4 is 17.8 Å². The number of halogens is 3. The van der Waals surface area contributed by atoms with Gasteiger partial charge in [0, 0.05) is 31.2 Å². The SMILES string of the molecule is CCc1ccc(-c2ccc(C(=O)NCCN(O)C(=O)N3CCC(NC(=O)C(F)(F)F)C3)cc2)cc1. The van der Waals surface area contributed by atoms with Gasteiger partial charge < -0.3 is 15.5 Å². The van der Waals surface area contributed by atoms with E-state index in [4.69, 9.17) is 0 Å². The molecule has 1 atom stereocenters. The molecule has 0 radical (unpaired) electrons. The second-order valence-electron chi connectivity index (χ2n) is 8.19. The van der Waals surface area contributed by atoms with Crippen molar-refractivity contribution in [2.45, 2.75) is 32.0 Å². The van der Waals surface area contributed by atoms with Gasteiger partial charge in [-0.3, -0.25) is 14.8 Å². The van der Waals surface area contributed by atoms with Gasteiger partial charge in [-0.05, 0) is 41.7 Å². The lowest BCUT2D eigenvalue weighted by molar-refractivity contribution is -0.174. The molecular weight excluding hydrogens is 465 g/mol. The zero-order valence-corrected chi connectivity index (χ0v) is 19.1. The number of likely N-dealkylation sites (tertiary alicyclic amines) is 1. The number of hydroxylamine groups is 2. The van der Waals surface area contributed by atoms with E-state index in [-0.39, 0.29) is 38.5 Å². The summed E-state index contributed by atoms with van der Waals surface area (Å²) in [4.78, 5) is 36.8. The molecule has 0 aliphatic carbocycles. The molecule has 0 bridgehead atoms. The van der Waals surface area contributed by atoms with E-state index < -0.39 is 24.2 Å². The maximum Gasteiger partial charge on any atom is 0.471 e. The summed E-state index contributed by atoms with van der Waals surface area (Å²) in [5.41, 5.74) is 3.65. The van der Waals surface area contributed by atoms with Gasteiger partial charge in [0.25, 0.3) is 5.91 Å². The van der Waals surface area contributed by atoms with Gasteiger partial charge in [0.1, 0.15) is 0 Å². The number of carbonyl (C=O) groups excluding carboxylic acids is 3. The molecule has 1 aliphatic rings. The van der Waals surface area contributed by atoms with Crippen LogP contribution in [-0.2, 0) is 11.2 Å². The fraction of sp³-hybridized carbons (Fsp3) is 0.375. The number of rotatable bonds is 7. The summed E-state index contributed by atoms with van der Waals surface area (Å²) in [6.45, 7) is 1.75. The highest BCUT2D eigenvalue weighted by Crippen LogP contribution is 2.21. The van der Waals surface area contributed by atoms with E-state index in [2.05, 4.69) is 24.4 Å². The Bertz CT molecular complexity index is 1040. The average molecular weight is 492 g/mol. The molecule has 188 valence electrons. The van der Waals surface area contributed by atoms with Crippen molar-refractivity contribution in [1.82, 2.24) is 20.6 Å². The van der Waals surface area contributed by atoms with Crippen molar-refractivity contribution in [2.24, 2.45) is 0 Å². The third-order valence-corrected chi connectivity index (χ3v) is 5.72. The third kappa shape index (κ3) is 6.95. The summed E-state index contributed by atoms with van der Waals surface area (Å²) in [5.74, 6) is -2.45. The topological polar surface area (TPSA) is 102 Å². The number of benzene rings is 2. The summed E-state index contributed by atoms with van der Waals surface area (Å²) in [5, 5.41) is 14.8. The number of nitrogens with one attached hydrogen (secondary N) is 2. The highest BCUT2D eigenvalue weighted by molar-refractivity contribution is 5.94. The van der Waals surface area contributed by atoms with E-state index in [9.17, 15) is 32.8 Å². The molecule has 0 saturated carbocycles. The van der Waals surface area contributed by atoms with E-state index in [1.165, 1.54) is 5.56 Å². The van der Waals surface area contributed by atoms with Crippen molar-refractivity contribution in [3.8, 4) is 11.1 Å². The largest absolute Gasteiger partial charge is 0.471 e.